The average molecular weight is 211 g/mol. The minimum atomic E-state index is -0.806. The van der Waals surface area contributed by atoms with Gasteiger partial charge in [0.25, 0.3) is 0 Å². The van der Waals surface area contributed by atoms with Crippen LogP contribution < -0.4 is 5.73 Å². The molecule has 0 aliphatic rings. The molecular formula is C11H17NOS. The highest BCUT2D eigenvalue weighted by Gasteiger charge is 2.10. The maximum atomic E-state index is 11.8. The lowest BCUT2D eigenvalue weighted by molar-refractivity contribution is 0.670. The quantitative estimate of drug-likeness (QED) is 0.777. The third-order valence-corrected chi connectivity index (χ3v) is 4.20. The maximum absolute atomic E-state index is 11.8. The summed E-state index contributed by atoms with van der Waals surface area (Å²) in [6.45, 7) is 4.06. The minimum absolute atomic E-state index is 0.245. The lowest BCUT2D eigenvalue weighted by Gasteiger charge is -2.09. The molecule has 2 N–H and O–H groups in total. The minimum Gasteiger partial charge on any atom is -0.398 e. The van der Waals surface area contributed by atoms with Crippen molar-refractivity contribution in [3.8, 4) is 0 Å². The van der Waals surface area contributed by atoms with E-state index in [1.54, 1.807) is 0 Å². The van der Waals surface area contributed by atoms with E-state index in [1.165, 1.54) is 0 Å². The van der Waals surface area contributed by atoms with Gasteiger partial charge in [-0.15, -0.1) is 0 Å². The van der Waals surface area contributed by atoms with Crippen molar-refractivity contribution >= 4 is 16.5 Å². The number of para-hydroxylation sites is 1. The van der Waals surface area contributed by atoms with Gasteiger partial charge in [-0.05, 0) is 18.1 Å². The summed E-state index contributed by atoms with van der Waals surface area (Å²) in [6.07, 6.45) is 0.944. The van der Waals surface area contributed by atoms with E-state index in [0.29, 0.717) is 5.75 Å². The third kappa shape index (κ3) is 2.84. The summed E-state index contributed by atoms with van der Waals surface area (Å²) in [5, 5.41) is 0.245. The monoisotopic (exact) mass is 211 g/mol. The van der Waals surface area contributed by atoms with Crippen LogP contribution >= 0.6 is 0 Å². The average Bonchev–Trinajstić information content (AvgIpc) is 2.20. The van der Waals surface area contributed by atoms with E-state index >= 15 is 0 Å². The van der Waals surface area contributed by atoms with Crippen molar-refractivity contribution in [1.29, 1.82) is 0 Å². The Bertz CT molecular complexity index is 325. The Balaban J connectivity index is 2.70. The zero-order valence-corrected chi connectivity index (χ0v) is 9.51. The van der Waals surface area contributed by atoms with Gasteiger partial charge in [-0.2, -0.15) is 0 Å². The van der Waals surface area contributed by atoms with Gasteiger partial charge >= 0.3 is 0 Å². The molecule has 14 heavy (non-hydrogen) atoms. The first-order valence-electron chi connectivity index (χ1n) is 4.85. The maximum Gasteiger partial charge on any atom is 0.0508 e. The van der Waals surface area contributed by atoms with E-state index < -0.39 is 10.8 Å². The molecule has 1 aromatic rings. The first-order valence-corrected chi connectivity index (χ1v) is 6.24. The van der Waals surface area contributed by atoms with Crippen molar-refractivity contribution in [3.05, 3.63) is 29.8 Å². The van der Waals surface area contributed by atoms with Gasteiger partial charge in [0.1, 0.15) is 0 Å². The van der Waals surface area contributed by atoms with E-state index in [2.05, 4.69) is 6.92 Å². The van der Waals surface area contributed by atoms with E-state index in [1.807, 2.05) is 31.2 Å². The van der Waals surface area contributed by atoms with Crippen LogP contribution in [0, 0.1) is 0 Å². The van der Waals surface area contributed by atoms with Crippen LogP contribution in [0.2, 0.25) is 0 Å². The summed E-state index contributed by atoms with van der Waals surface area (Å²) >= 11 is 0. The fraction of sp³-hybridized carbons (Fsp3) is 0.455. The molecule has 0 amide bonds. The number of nitrogens with two attached hydrogens (primary N) is 1. The molecule has 0 aliphatic carbocycles. The second kappa shape index (κ2) is 5.15. The molecule has 0 heterocycles. The molecule has 0 aromatic heterocycles. The lowest BCUT2D eigenvalue weighted by Crippen LogP contribution is -2.12. The fourth-order valence-corrected chi connectivity index (χ4v) is 2.37. The Morgan fingerprint density at radius 1 is 1.43 bits per heavy atom. The van der Waals surface area contributed by atoms with Crippen LogP contribution in [0.1, 0.15) is 25.8 Å². The van der Waals surface area contributed by atoms with Crippen LogP contribution in [0.25, 0.3) is 0 Å². The molecule has 1 rings (SSSR count). The molecule has 0 aliphatic heterocycles. The number of benzene rings is 1. The standard InChI is InChI=1S/C11H17NOS/c1-3-9(2)14(13)8-10-6-4-5-7-11(10)12/h4-7,9H,3,8,12H2,1-2H3. The van der Waals surface area contributed by atoms with Gasteiger partial charge in [0.2, 0.25) is 0 Å². The first kappa shape index (κ1) is 11.2. The van der Waals surface area contributed by atoms with Crippen LogP contribution in [-0.4, -0.2) is 9.46 Å². The highest BCUT2D eigenvalue weighted by atomic mass is 32.2. The molecule has 3 heteroatoms. The highest BCUT2D eigenvalue weighted by Crippen LogP contribution is 2.15. The molecule has 0 bridgehead atoms. The van der Waals surface area contributed by atoms with Gasteiger partial charge in [-0.1, -0.05) is 32.0 Å². The molecule has 2 atom stereocenters. The van der Waals surface area contributed by atoms with Crippen LogP contribution in [0.4, 0.5) is 5.69 Å². The van der Waals surface area contributed by atoms with Crippen LogP contribution in [0.15, 0.2) is 24.3 Å². The van der Waals surface area contributed by atoms with Crippen LogP contribution in [-0.2, 0) is 16.6 Å². The zero-order valence-electron chi connectivity index (χ0n) is 8.69. The van der Waals surface area contributed by atoms with Crippen LogP contribution in [0.5, 0.6) is 0 Å². The Morgan fingerprint density at radius 3 is 2.64 bits per heavy atom. The SMILES string of the molecule is CCC(C)S(=O)Cc1ccccc1N. The van der Waals surface area contributed by atoms with Gasteiger partial charge < -0.3 is 5.73 Å². The van der Waals surface area contributed by atoms with Crippen molar-refractivity contribution < 1.29 is 4.21 Å². The van der Waals surface area contributed by atoms with E-state index in [-0.39, 0.29) is 5.25 Å². The van der Waals surface area contributed by atoms with E-state index in [0.717, 1.165) is 17.7 Å². The number of anilines is 1. The smallest absolute Gasteiger partial charge is 0.0508 e. The topological polar surface area (TPSA) is 43.1 Å². The molecule has 2 nitrogen and oxygen atoms in total. The van der Waals surface area contributed by atoms with Gasteiger partial charge in [-0.3, -0.25) is 4.21 Å². The summed E-state index contributed by atoms with van der Waals surface area (Å²) < 4.78 is 11.8. The van der Waals surface area contributed by atoms with Crippen molar-refractivity contribution in [2.45, 2.75) is 31.3 Å². The zero-order chi connectivity index (χ0) is 10.6. The predicted molar refractivity (Wildman–Crippen MR) is 62.5 cm³/mol. The first-order chi connectivity index (χ1) is 6.65. The number of hydrogen-bond donors (Lipinski definition) is 1. The second-order valence-electron chi connectivity index (χ2n) is 3.44. The van der Waals surface area contributed by atoms with E-state index in [4.69, 9.17) is 5.73 Å². The summed E-state index contributed by atoms with van der Waals surface area (Å²) in [7, 11) is -0.806. The fourth-order valence-electron chi connectivity index (χ4n) is 1.15. The number of hydrogen-bond acceptors (Lipinski definition) is 2. The Labute approximate surface area is 88.0 Å². The largest absolute Gasteiger partial charge is 0.398 e. The van der Waals surface area contributed by atoms with Crippen molar-refractivity contribution in [1.82, 2.24) is 0 Å². The summed E-state index contributed by atoms with van der Waals surface area (Å²) in [5.41, 5.74) is 7.51. The molecule has 0 spiro atoms. The Kier molecular flexibility index (Phi) is 4.14. The van der Waals surface area contributed by atoms with E-state index in [9.17, 15) is 4.21 Å². The predicted octanol–water partition coefficient (Wildman–Crippen LogP) is 2.32. The molecule has 1 aromatic carbocycles. The molecule has 0 saturated carbocycles. The molecular weight excluding hydrogens is 194 g/mol. The molecule has 2 unspecified atom stereocenters. The van der Waals surface area contributed by atoms with Gasteiger partial charge in [-0.25, -0.2) is 0 Å². The third-order valence-electron chi connectivity index (χ3n) is 2.38. The lowest BCUT2D eigenvalue weighted by atomic mass is 10.2. The van der Waals surface area contributed by atoms with Crippen molar-refractivity contribution in [2.75, 3.05) is 5.73 Å². The Hall–Kier alpha value is -0.830. The molecule has 78 valence electrons. The van der Waals surface area contributed by atoms with Gasteiger partial charge in [0.15, 0.2) is 0 Å². The van der Waals surface area contributed by atoms with Crippen molar-refractivity contribution in [2.24, 2.45) is 0 Å². The normalized spacial score (nSPS) is 15.0. The molecule has 0 saturated heterocycles. The van der Waals surface area contributed by atoms with Gasteiger partial charge in [0, 0.05) is 21.7 Å². The van der Waals surface area contributed by atoms with Crippen molar-refractivity contribution in [3.63, 3.8) is 0 Å². The Morgan fingerprint density at radius 2 is 2.07 bits per heavy atom. The van der Waals surface area contributed by atoms with Gasteiger partial charge in [0.05, 0.1) is 5.75 Å². The van der Waals surface area contributed by atoms with Crippen LogP contribution in [0.3, 0.4) is 0 Å². The molecule has 0 radical (unpaired) electrons. The number of nitrogen functional groups attached to an aromatic ring is 1. The summed E-state index contributed by atoms with van der Waals surface area (Å²) in [4.78, 5) is 0. The second-order valence-corrected chi connectivity index (χ2v) is 5.30. The summed E-state index contributed by atoms with van der Waals surface area (Å²) in [5.74, 6) is 0.571. The highest BCUT2D eigenvalue weighted by molar-refractivity contribution is 7.84. The summed E-state index contributed by atoms with van der Waals surface area (Å²) in [6, 6.07) is 7.61. The molecule has 0 fully saturated rings. The number of rotatable bonds is 4.